The summed E-state index contributed by atoms with van der Waals surface area (Å²) in [5, 5.41) is 6.43. The molecule has 1 aliphatic heterocycles. The van der Waals surface area contributed by atoms with Gasteiger partial charge in [0.25, 0.3) is 11.8 Å². The number of allylic oxidation sites excluding steroid dienone is 1. The Morgan fingerprint density at radius 1 is 1.15 bits per heavy atom. The third-order valence-electron chi connectivity index (χ3n) is 4.84. The number of ether oxygens (including phenoxy) is 1. The number of amides is 2. The molecule has 0 spiro atoms. The summed E-state index contributed by atoms with van der Waals surface area (Å²) in [4.78, 5) is 26.0. The van der Waals surface area contributed by atoms with Gasteiger partial charge in [0.1, 0.15) is 10.7 Å². The Bertz CT molecular complexity index is 743. The number of rotatable bonds is 4. The molecule has 0 atom stereocenters. The molecular formula is C20H25ClN2O3S. The van der Waals surface area contributed by atoms with E-state index in [1.807, 2.05) is 0 Å². The van der Waals surface area contributed by atoms with E-state index < -0.39 is 0 Å². The molecule has 1 aromatic carbocycles. The Morgan fingerprint density at radius 2 is 1.89 bits per heavy atom. The van der Waals surface area contributed by atoms with Gasteiger partial charge in [-0.15, -0.1) is 11.8 Å². The highest BCUT2D eigenvalue weighted by Gasteiger charge is 2.22. The largest absolute Gasteiger partial charge is 0.496 e. The Labute approximate surface area is 169 Å². The predicted octanol–water partition coefficient (Wildman–Crippen LogP) is 4.73. The lowest BCUT2D eigenvalue weighted by Gasteiger charge is -2.20. The minimum absolute atomic E-state index is 0.176. The van der Waals surface area contributed by atoms with Gasteiger partial charge in [-0.3, -0.25) is 9.59 Å². The Balaban J connectivity index is 1.76. The van der Waals surface area contributed by atoms with Crippen LogP contribution in [-0.4, -0.2) is 30.2 Å². The second kappa shape index (κ2) is 9.51. The fourth-order valence-corrected chi connectivity index (χ4v) is 4.40. The number of halogens is 1. The fraction of sp³-hybridized carbons (Fsp3) is 0.500. The molecule has 1 aliphatic carbocycles. The maximum Gasteiger partial charge on any atom is 0.265 e. The van der Waals surface area contributed by atoms with Gasteiger partial charge in [-0.1, -0.05) is 37.3 Å². The van der Waals surface area contributed by atoms with Gasteiger partial charge in [0, 0.05) is 16.8 Å². The Morgan fingerprint density at radius 3 is 2.59 bits per heavy atom. The Hall–Kier alpha value is -1.66. The number of benzene rings is 1. The van der Waals surface area contributed by atoms with Crippen LogP contribution in [0.25, 0.3) is 0 Å². The van der Waals surface area contributed by atoms with Crippen LogP contribution in [0.1, 0.15) is 55.8 Å². The molecule has 27 heavy (non-hydrogen) atoms. The van der Waals surface area contributed by atoms with Crippen molar-refractivity contribution in [2.24, 2.45) is 0 Å². The topological polar surface area (TPSA) is 67.4 Å². The Kier molecular flexibility index (Phi) is 7.07. The average molecular weight is 409 g/mol. The van der Waals surface area contributed by atoms with Crippen molar-refractivity contribution in [3.8, 4) is 0 Å². The molecule has 2 amide bonds. The molecule has 1 saturated carbocycles. The summed E-state index contributed by atoms with van der Waals surface area (Å²) in [6.45, 7) is 2.38. The summed E-state index contributed by atoms with van der Waals surface area (Å²) in [5.41, 5.74) is 0.849. The first-order chi connectivity index (χ1) is 13.0. The van der Waals surface area contributed by atoms with Crippen molar-refractivity contribution in [3.63, 3.8) is 0 Å². The number of carbonyl (C=O) groups is 2. The van der Waals surface area contributed by atoms with E-state index in [4.69, 9.17) is 16.3 Å². The highest BCUT2D eigenvalue weighted by atomic mass is 35.5. The molecule has 1 heterocycles. The maximum atomic E-state index is 12.9. The van der Waals surface area contributed by atoms with Gasteiger partial charge in [-0.2, -0.15) is 0 Å². The smallest absolute Gasteiger partial charge is 0.265 e. The number of carbonyl (C=O) groups excluding carboxylic acids is 2. The normalized spacial score (nSPS) is 18.4. The maximum absolute atomic E-state index is 12.9. The van der Waals surface area contributed by atoms with Crippen molar-refractivity contribution in [1.29, 1.82) is 0 Å². The van der Waals surface area contributed by atoms with Crippen LogP contribution in [0.3, 0.4) is 0 Å². The van der Waals surface area contributed by atoms with Crippen LogP contribution in [0.2, 0.25) is 5.02 Å². The number of hydrogen-bond acceptors (Lipinski definition) is 4. The van der Waals surface area contributed by atoms with Crippen LogP contribution < -0.4 is 10.6 Å². The number of nitrogens with one attached hydrogen (secondary N) is 2. The molecule has 2 N–H and O–H groups in total. The van der Waals surface area contributed by atoms with Gasteiger partial charge >= 0.3 is 0 Å². The van der Waals surface area contributed by atoms with Crippen LogP contribution in [-0.2, 0) is 9.53 Å². The lowest BCUT2D eigenvalue weighted by Crippen LogP contribution is -2.35. The van der Waals surface area contributed by atoms with Crippen molar-refractivity contribution in [2.45, 2.75) is 51.5 Å². The highest BCUT2D eigenvalue weighted by Crippen LogP contribution is 2.28. The predicted molar refractivity (Wildman–Crippen MR) is 110 cm³/mol. The van der Waals surface area contributed by atoms with Crippen LogP contribution in [0.15, 0.2) is 28.9 Å². The van der Waals surface area contributed by atoms with Crippen molar-refractivity contribution in [3.05, 3.63) is 39.4 Å². The quantitative estimate of drug-likeness (QED) is 0.707. The number of thioether (sulfide) groups is 1. The van der Waals surface area contributed by atoms with Gasteiger partial charge < -0.3 is 15.4 Å². The molecule has 0 unspecified atom stereocenters. The molecule has 1 aromatic rings. The minimum Gasteiger partial charge on any atom is -0.496 e. The number of anilines is 1. The van der Waals surface area contributed by atoms with E-state index in [2.05, 4.69) is 10.6 Å². The zero-order valence-corrected chi connectivity index (χ0v) is 17.0. The second-order valence-corrected chi connectivity index (χ2v) is 8.43. The SMILES string of the molecule is CC1=C(C(=O)Nc2ccc(Cl)cc2C(=O)NC2CCCCCC2)SCCO1. The summed E-state index contributed by atoms with van der Waals surface area (Å²) in [5.74, 6) is 0.888. The van der Waals surface area contributed by atoms with E-state index >= 15 is 0 Å². The molecule has 0 radical (unpaired) electrons. The summed E-state index contributed by atoms with van der Waals surface area (Å²) in [6.07, 6.45) is 6.70. The molecule has 1 fully saturated rings. The third kappa shape index (κ3) is 5.42. The first-order valence-electron chi connectivity index (χ1n) is 9.43. The van der Waals surface area contributed by atoms with Crippen molar-refractivity contribution >= 4 is 40.9 Å². The van der Waals surface area contributed by atoms with E-state index in [0.29, 0.717) is 33.5 Å². The molecule has 5 nitrogen and oxygen atoms in total. The van der Waals surface area contributed by atoms with Crippen molar-refractivity contribution in [1.82, 2.24) is 5.32 Å². The molecule has 0 bridgehead atoms. The molecule has 7 heteroatoms. The lowest BCUT2D eigenvalue weighted by atomic mass is 10.1. The first kappa shape index (κ1) is 20.1. The van der Waals surface area contributed by atoms with E-state index in [9.17, 15) is 9.59 Å². The minimum atomic E-state index is -0.261. The molecule has 146 valence electrons. The van der Waals surface area contributed by atoms with Crippen LogP contribution >= 0.6 is 23.4 Å². The third-order valence-corrected chi connectivity index (χ3v) is 6.21. The molecule has 3 rings (SSSR count). The van der Waals surface area contributed by atoms with E-state index in [1.54, 1.807) is 25.1 Å². The summed E-state index contributed by atoms with van der Waals surface area (Å²) in [7, 11) is 0. The fourth-order valence-electron chi connectivity index (χ4n) is 3.41. The van der Waals surface area contributed by atoms with E-state index in [0.717, 1.165) is 31.4 Å². The zero-order valence-electron chi connectivity index (χ0n) is 15.5. The first-order valence-corrected chi connectivity index (χ1v) is 10.8. The van der Waals surface area contributed by atoms with Gasteiger partial charge in [0.05, 0.1) is 17.9 Å². The zero-order chi connectivity index (χ0) is 19.2. The van der Waals surface area contributed by atoms with Crippen LogP contribution in [0.4, 0.5) is 5.69 Å². The van der Waals surface area contributed by atoms with Gasteiger partial charge in [0.2, 0.25) is 0 Å². The average Bonchev–Trinajstić information content (AvgIpc) is 2.92. The molecule has 2 aliphatic rings. The van der Waals surface area contributed by atoms with Crippen molar-refractivity contribution < 1.29 is 14.3 Å². The van der Waals surface area contributed by atoms with Gasteiger partial charge in [-0.25, -0.2) is 0 Å². The summed E-state index contributed by atoms with van der Waals surface area (Å²) >= 11 is 7.57. The van der Waals surface area contributed by atoms with Crippen LogP contribution in [0, 0.1) is 0 Å². The lowest BCUT2D eigenvalue weighted by molar-refractivity contribution is -0.112. The molecule has 0 saturated heterocycles. The van der Waals surface area contributed by atoms with E-state index in [1.165, 1.54) is 24.6 Å². The molecular weight excluding hydrogens is 384 g/mol. The second-order valence-electron chi connectivity index (χ2n) is 6.89. The summed E-state index contributed by atoms with van der Waals surface area (Å²) < 4.78 is 5.46. The van der Waals surface area contributed by atoms with Gasteiger partial charge in [-0.05, 0) is 38.0 Å². The van der Waals surface area contributed by atoms with Crippen molar-refractivity contribution in [2.75, 3.05) is 17.7 Å². The highest BCUT2D eigenvalue weighted by molar-refractivity contribution is 8.04. The number of hydrogen-bond donors (Lipinski definition) is 2. The van der Waals surface area contributed by atoms with Crippen LogP contribution in [0.5, 0.6) is 0 Å². The van der Waals surface area contributed by atoms with E-state index in [-0.39, 0.29) is 17.9 Å². The summed E-state index contributed by atoms with van der Waals surface area (Å²) in [6, 6.07) is 5.13. The van der Waals surface area contributed by atoms with Gasteiger partial charge in [0.15, 0.2) is 0 Å². The monoisotopic (exact) mass is 408 g/mol. The molecule has 0 aromatic heterocycles. The standard InChI is InChI=1S/C20H25ClN2O3S/c1-13-18(27-11-10-26-13)20(25)23-17-9-8-14(21)12-16(17)19(24)22-15-6-4-2-3-5-7-15/h8-9,12,15H,2-7,10-11H2,1H3,(H,22,24)(H,23,25).